The molecule has 2 bridgehead atoms. The van der Waals surface area contributed by atoms with Crippen LogP contribution in [-0.2, 0) is 4.74 Å². The number of ether oxygens (including phenoxy) is 1. The van der Waals surface area contributed by atoms with Crippen LogP contribution in [0.15, 0.2) is 6.07 Å². The predicted molar refractivity (Wildman–Crippen MR) is 106 cm³/mol. The van der Waals surface area contributed by atoms with Crippen LogP contribution in [0.5, 0.6) is 0 Å². The summed E-state index contributed by atoms with van der Waals surface area (Å²) in [5.74, 6) is 1.96. The van der Waals surface area contributed by atoms with E-state index in [0.29, 0.717) is 18.4 Å². The molecule has 3 atom stereocenters. The summed E-state index contributed by atoms with van der Waals surface area (Å²) in [4.78, 5) is 14.5. The summed E-state index contributed by atoms with van der Waals surface area (Å²) in [7, 11) is 2.24. The molecule has 7 heteroatoms. The molecule has 150 valence electrons. The number of likely N-dealkylation sites (tertiary alicyclic amines) is 1. The maximum Gasteiger partial charge on any atom is 0.224 e. The Balaban J connectivity index is 1.64. The zero-order chi connectivity index (χ0) is 19.1. The molecule has 3 aliphatic heterocycles. The molecule has 0 radical (unpaired) electrons. The minimum Gasteiger partial charge on any atom is -0.395 e. The SMILES string of the molecule is CN1CC2(C)CN(c3cc(C4CCOC4)nc(NCCO)n3)CC(C)(C1)C2. The predicted octanol–water partition coefficient (Wildman–Crippen LogP) is 1.55. The number of aliphatic hydroxyl groups excluding tert-OH is 1. The summed E-state index contributed by atoms with van der Waals surface area (Å²) in [6, 6.07) is 2.17. The Hall–Kier alpha value is -1.44. The van der Waals surface area contributed by atoms with Crippen molar-refractivity contribution in [3.63, 3.8) is 0 Å². The number of aromatic nitrogens is 2. The number of nitrogens with one attached hydrogen (secondary N) is 1. The third-order valence-corrected chi connectivity index (χ3v) is 6.10. The molecule has 3 saturated heterocycles. The van der Waals surface area contributed by atoms with Crippen LogP contribution in [0, 0.1) is 10.8 Å². The highest BCUT2D eigenvalue weighted by Crippen LogP contribution is 2.46. The maximum atomic E-state index is 9.17. The maximum absolute atomic E-state index is 9.17. The van der Waals surface area contributed by atoms with Crippen molar-refractivity contribution in [1.82, 2.24) is 14.9 Å². The smallest absolute Gasteiger partial charge is 0.224 e. The number of nitrogens with zero attached hydrogens (tertiary/aromatic N) is 4. The third-order valence-electron chi connectivity index (χ3n) is 6.10. The Morgan fingerprint density at radius 2 is 1.96 bits per heavy atom. The van der Waals surface area contributed by atoms with Crippen molar-refractivity contribution in [2.24, 2.45) is 10.8 Å². The lowest BCUT2D eigenvalue weighted by atomic mass is 9.65. The summed E-state index contributed by atoms with van der Waals surface area (Å²) in [6.45, 7) is 11.2. The fourth-order valence-corrected chi connectivity index (χ4v) is 5.69. The fraction of sp³-hybridized carbons (Fsp3) is 0.800. The van der Waals surface area contributed by atoms with Gasteiger partial charge in [0.15, 0.2) is 0 Å². The van der Waals surface area contributed by atoms with Gasteiger partial charge in [0.1, 0.15) is 5.82 Å². The second-order valence-electron chi connectivity index (χ2n) is 9.51. The van der Waals surface area contributed by atoms with E-state index in [1.54, 1.807) is 0 Å². The highest BCUT2D eigenvalue weighted by molar-refractivity contribution is 5.47. The lowest BCUT2D eigenvalue weighted by Crippen LogP contribution is -2.61. The minimum absolute atomic E-state index is 0.0711. The fourth-order valence-electron chi connectivity index (χ4n) is 5.69. The van der Waals surface area contributed by atoms with E-state index in [2.05, 4.69) is 42.1 Å². The third kappa shape index (κ3) is 4.05. The van der Waals surface area contributed by atoms with E-state index in [4.69, 9.17) is 14.7 Å². The number of rotatable bonds is 5. The molecule has 7 nitrogen and oxygen atoms in total. The van der Waals surface area contributed by atoms with E-state index in [0.717, 1.165) is 57.3 Å². The number of aliphatic hydroxyl groups is 1. The molecule has 0 aliphatic carbocycles. The van der Waals surface area contributed by atoms with Crippen molar-refractivity contribution in [2.75, 3.05) is 69.8 Å². The molecular weight excluding hydrogens is 342 g/mol. The van der Waals surface area contributed by atoms with E-state index in [1.165, 1.54) is 6.42 Å². The molecule has 3 aliphatic rings. The normalized spacial score (nSPS) is 34.1. The Labute approximate surface area is 162 Å². The van der Waals surface area contributed by atoms with Gasteiger partial charge in [0, 0.05) is 51.3 Å². The van der Waals surface area contributed by atoms with Gasteiger partial charge in [-0.25, -0.2) is 4.98 Å². The molecule has 1 aromatic heterocycles. The largest absolute Gasteiger partial charge is 0.395 e. The molecule has 0 saturated carbocycles. The van der Waals surface area contributed by atoms with Gasteiger partial charge in [-0.1, -0.05) is 13.8 Å². The Bertz CT molecular complexity index is 660. The second kappa shape index (κ2) is 7.18. The van der Waals surface area contributed by atoms with Crippen molar-refractivity contribution in [3.8, 4) is 0 Å². The van der Waals surface area contributed by atoms with Crippen LogP contribution in [0.25, 0.3) is 0 Å². The quantitative estimate of drug-likeness (QED) is 0.809. The second-order valence-corrected chi connectivity index (χ2v) is 9.51. The zero-order valence-electron chi connectivity index (χ0n) is 16.9. The first-order valence-electron chi connectivity index (χ1n) is 10.1. The lowest BCUT2D eigenvalue weighted by molar-refractivity contribution is 0.00506. The first-order chi connectivity index (χ1) is 12.9. The first kappa shape index (κ1) is 18.9. The molecule has 1 aromatic rings. The van der Waals surface area contributed by atoms with E-state index in [1.807, 2.05) is 0 Å². The molecule has 4 rings (SSSR count). The van der Waals surface area contributed by atoms with Crippen molar-refractivity contribution in [1.29, 1.82) is 0 Å². The van der Waals surface area contributed by atoms with Crippen LogP contribution in [0.4, 0.5) is 11.8 Å². The molecular formula is C20H33N5O2. The average molecular weight is 376 g/mol. The monoisotopic (exact) mass is 375 g/mol. The van der Waals surface area contributed by atoms with Gasteiger partial charge >= 0.3 is 0 Å². The van der Waals surface area contributed by atoms with Crippen molar-refractivity contribution in [3.05, 3.63) is 11.8 Å². The van der Waals surface area contributed by atoms with Crippen LogP contribution in [0.2, 0.25) is 0 Å². The van der Waals surface area contributed by atoms with E-state index in [9.17, 15) is 5.11 Å². The molecule has 4 heterocycles. The summed E-state index contributed by atoms with van der Waals surface area (Å²) >= 11 is 0. The summed E-state index contributed by atoms with van der Waals surface area (Å²) in [5, 5.41) is 12.3. The number of hydrogen-bond donors (Lipinski definition) is 2. The zero-order valence-corrected chi connectivity index (χ0v) is 16.9. The van der Waals surface area contributed by atoms with Gasteiger partial charge in [-0.3, -0.25) is 0 Å². The molecule has 0 amide bonds. The molecule has 27 heavy (non-hydrogen) atoms. The van der Waals surface area contributed by atoms with Crippen LogP contribution >= 0.6 is 0 Å². The lowest BCUT2D eigenvalue weighted by Gasteiger charge is -2.56. The van der Waals surface area contributed by atoms with Gasteiger partial charge in [0.2, 0.25) is 5.95 Å². The number of anilines is 2. The van der Waals surface area contributed by atoms with Gasteiger partial charge < -0.3 is 25.0 Å². The van der Waals surface area contributed by atoms with E-state index >= 15 is 0 Å². The van der Waals surface area contributed by atoms with Crippen molar-refractivity contribution < 1.29 is 9.84 Å². The van der Waals surface area contributed by atoms with Crippen molar-refractivity contribution in [2.45, 2.75) is 32.6 Å². The van der Waals surface area contributed by atoms with Gasteiger partial charge in [0.05, 0.1) is 18.9 Å². The number of fused-ring (bicyclic) bond motifs is 2. The Kier molecular flexibility index (Phi) is 5.03. The molecule has 3 fully saturated rings. The highest BCUT2D eigenvalue weighted by Gasteiger charge is 2.48. The molecule has 0 aromatic carbocycles. The summed E-state index contributed by atoms with van der Waals surface area (Å²) in [5.41, 5.74) is 1.61. The minimum atomic E-state index is 0.0711. The summed E-state index contributed by atoms with van der Waals surface area (Å²) < 4.78 is 5.58. The van der Waals surface area contributed by atoms with Crippen molar-refractivity contribution >= 4 is 11.8 Å². The highest BCUT2D eigenvalue weighted by atomic mass is 16.5. The molecule has 0 spiro atoms. The van der Waals surface area contributed by atoms with Gasteiger partial charge in [-0.15, -0.1) is 0 Å². The van der Waals surface area contributed by atoms with Crippen LogP contribution in [0.3, 0.4) is 0 Å². The summed E-state index contributed by atoms with van der Waals surface area (Å²) in [6.07, 6.45) is 2.28. The van der Waals surface area contributed by atoms with E-state index in [-0.39, 0.29) is 17.4 Å². The standard InChI is InChI=1S/C20H33N5O2/c1-19-10-20(2,12-24(3)11-19)14-25(13-19)17-8-16(15-4-7-27-9-15)22-18(23-17)21-5-6-26/h8,15,26H,4-7,9-14H2,1-3H3,(H,21,22,23). The average Bonchev–Trinajstić information content (AvgIpc) is 3.11. The van der Waals surface area contributed by atoms with E-state index < -0.39 is 0 Å². The van der Waals surface area contributed by atoms with Gasteiger partial charge in [-0.05, 0) is 30.7 Å². The Morgan fingerprint density at radius 1 is 1.22 bits per heavy atom. The molecule has 3 unspecified atom stereocenters. The van der Waals surface area contributed by atoms with Gasteiger partial charge in [-0.2, -0.15) is 4.98 Å². The molecule has 2 N–H and O–H groups in total. The van der Waals surface area contributed by atoms with Crippen LogP contribution in [-0.4, -0.2) is 79.6 Å². The number of hydrogen-bond acceptors (Lipinski definition) is 7. The van der Waals surface area contributed by atoms with Crippen LogP contribution in [0.1, 0.15) is 38.3 Å². The van der Waals surface area contributed by atoms with Gasteiger partial charge in [0.25, 0.3) is 0 Å². The Morgan fingerprint density at radius 3 is 2.59 bits per heavy atom. The number of piperidine rings is 2. The van der Waals surface area contributed by atoms with Crippen LogP contribution < -0.4 is 10.2 Å². The topological polar surface area (TPSA) is 73.8 Å². The first-order valence-corrected chi connectivity index (χ1v) is 10.1.